The predicted molar refractivity (Wildman–Crippen MR) is 78.8 cm³/mol. The third kappa shape index (κ3) is 4.67. The van der Waals surface area contributed by atoms with Crippen molar-refractivity contribution >= 4 is 40.7 Å². The molecule has 1 aliphatic rings. The Balaban J connectivity index is 2.99. The molecule has 0 bridgehead atoms. The molecular formula is C9H11Cl3FN7O2. The van der Waals surface area contributed by atoms with Crippen LogP contribution in [-0.2, 0) is 9.47 Å². The molecule has 1 aliphatic heterocycles. The maximum Gasteiger partial charge on any atom is 0.265 e. The van der Waals surface area contributed by atoms with Crippen LogP contribution < -0.4 is 0 Å². The second kappa shape index (κ2) is 7.92. The van der Waals surface area contributed by atoms with E-state index in [4.69, 9.17) is 60.7 Å². The van der Waals surface area contributed by atoms with E-state index in [0.29, 0.717) is 0 Å². The van der Waals surface area contributed by atoms with Gasteiger partial charge in [-0.2, -0.15) is 0 Å². The second-order valence-electron chi connectivity index (χ2n) is 4.40. The number of halogens is 4. The Hall–Kier alpha value is -1.15. The summed E-state index contributed by atoms with van der Waals surface area (Å²) in [6.07, 6.45) is -3.98. The number of hydrogen-bond acceptors (Lipinski definition) is 5. The highest BCUT2D eigenvalue weighted by atomic mass is 35.6. The molecule has 0 aliphatic carbocycles. The van der Waals surface area contributed by atoms with Gasteiger partial charge in [-0.1, -0.05) is 52.0 Å². The van der Waals surface area contributed by atoms with Crippen molar-refractivity contribution < 1.29 is 13.9 Å². The number of rotatable bonds is 4. The molecule has 9 nitrogen and oxygen atoms in total. The van der Waals surface area contributed by atoms with Crippen LogP contribution in [0.3, 0.4) is 0 Å². The average Bonchev–Trinajstić information content (AvgIpc) is 2.44. The van der Waals surface area contributed by atoms with E-state index in [2.05, 4.69) is 20.1 Å². The lowest BCUT2D eigenvalue weighted by molar-refractivity contribution is -0.200. The van der Waals surface area contributed by atoms with Gasteiger partial charge in [-0.05, 0) is 11.1 Å². The standard InChI is InChI=1S/C9H11Cl3FN7O2/c1-3-4(2-17-19-15)21-7(6(5(3)13)18-20-16)22-8(14)9(10,11)12/h3-7,14H,2H2,1H3/t3-,4-,5-,6-,7?/m1/s1. The summed E-state index contributed by atoms with van der Waals surface area (Å²) >= 11 is 16.4. The van der Waals surface area contributed by atoms with Crippen molar-refractivity contribution in [1.29, 1.82) is 5.41 Å². The first-order chi connectivity index (χ1) is 10.2. The highest BCUT2D eigenvalue weighted by molar-refractivity contribution is 6.76. The molecule has 1 unspecified atom stereocenters. The van der Waals surface area contributed by atoms with Gasteiger partial charge in [0.2, 0.25) is 12.2 Å². The highest BCUT2D eigenvalue weighted by Gasteiger charge is 2.46. The molecule has 13 heteroatoms. The fraction of sp³-hybridized carbons (Fsp3) is 0.889. The third-order valence-electron chi connectivity index (χ3n) is 3.00. The van der Waals surface area contributed by atoms with Crippen LogP contribution >= 0.6 is 34.8 Å². The van der Waals surface area contributed by atoms with E-state index in [1.807, 2.05) is 0 Å². The molecule has 0 saturated carbocycles. The Morgan fingerprint density at radius 1 is 1.41 bits per heavy atom. The molecule has 22 heavy (non-hydrogen) atoms. The zero-order valence-electron chi connectivity index (χ0n) is 11.1. The van der Waals surface area contributed by atoms with Crippen molar-refractivity contribution in [1.82, 2.24) is 0 Å². The van der Waals surface area contributed by atoms with Crippen LogP contribution in [0.2, 0.25) is 0 Å². The molecule has 0 radical (unpaired) electrons. The van der Waals surface area contributed by atoms with Crippen LogP contribution in [0.5, 0.6) is 0 Å². The van der Waals surface area contributed by atoms with E-state index in [-0.39, 0.29) is 6.54 Å². The predicted octanol–water partition coefficient (Wildman–Crippen LogP) is 4.04. The van der Waals surface area contributed by atoms with Gasteiger partial charge in [0.05, 0.1) is 12.6 Å². The molecule has 1 rings (SSSR count). The van der Waals surface area contributed by atoms with Crippen molar-refractivity contribution in [2.75, 3.05) is 6.54 Å². The zero-order chi connectivity index (χ0) is 16.9. The molecule has 1 fully saturated rings. The van der Waals surface area contributed by atoms with Gasteiger partial charge < -0.3 is 9.47 Å². The summed E-state index contributed by atoms with van der Waals surface area (Å²) in [5.74, 6) is -1.55. The Morgan fingerprint density at radius 3 is 2.55 bits per heavy atom. The van der Waals surface area contributed by atoms with Crippen molar-refractivity contribution in [3.05, 3.63) is 20.9 Å². The minimum Gasteiger partial charge on any atom is -0.448 e. The summed E-state index contributed by atoms with van der Waals surface area (Å²) < 4.78 is 22.6. The quantitative estimate of drug-likeness (QED) is 0.198. The largest absolute Gasteiger partial charge is 0.448 e. The molecule has 0 amide bonds. The maximum absolute atomic E-state index is 14.4. The molecule has 5 atom stereocenters. The Morgan fingerprint density at radius 2 is 2.05 bits per heavy atom. The normalized spacial score (nSPS) is 31.6. The molecule has 0 aromatic carbocycles. The monoisotopic (exact) mass is 373 g/mol. The molecule has 1 N–H and O–H groups in total. The molecule has 0 spiro atoms. The van der Waals surface area contributed by atoms with E-state index >= 15 is 0 Å². The number of hydrogen-bond donors (Lipinski definition) is 1. The maximum atomic E-state index is 14.4. The number of nitrogens with one attached hydrogen (secondary N) is 1. The van der Waals surface area contributed by atoms with Crippen molar-refractivity contribution in [2.45, 2.75) is 35.3 Å². The van der Waals surface area contributed by atoms with E-state index < -0.39 is 40.2 Å². The van der Waals surface area contributed by atoms with Crippen LogP contribution in [0.25, 0.3) is 20.9 Å². The number of alkyl halides is 4. The Kier molecular flexibility index (Phi) is 6.80. The van der Waals surface area contributed by atoms with Crippen molar-refractivity contribution in [2.24, 2.45) is 16.1 Å². The highest BCUT2D eigenvalue weighted by Crippen LogP contribution is 2.34. The van der Waals surface area contributed by atoms with Gasteiger partial charge in [0.25, 0.3) is 3.79 Å². The van der Waals surface area contributed by atoms with Crippen LogP contribution in [0.4, 0.5) is 4.39 Å². The Bertz CT molecular complexity index is 516. The third-order valence-corrected chi connectivity index (χ3v) is 3.52. The Labute approximate surface area is 139 Å². The van der Waals surface area contributed by atoms with Gasteiger partial charge in [-0.3, -0.25) is 5.41 Å². The van der Waals surface area contributed by atoms with Crippen LogP contribution in [0, 0.1) is 11.3 Å². The minimum absolute atomic E-state index is 0.165. The lowest BCUT2D eigenvalue weighted by atomic mass is 9.90. The average molecular weight is 375 g/mol. The van der Waals surface area contributed by atoms with E-state index in [1.54, 1.807) is 0 Å². The smallest absolute Gasteiger partial charge is 0.265 e. The first kappa shape index (κ1) is 18.9. The van der Waals surface area contributed by atoms with Gasteiger partial charge in [0, 0.05) is 15.7 Å². The lowest BCUT2D eigenvalue weighted by Crippen LogP contribution is -2.53. The fourth-order valence-electron chi connectivity index (χ4n) is 1.83. The molecule has 0 aromatic rings. The summed E-state index contributed by atoms with van der Waals surface area (Å²) in [5, 5.41) is 14.1. The molecular weight excluding hydrogens is 364 g/mol. The van der Waals surface area contributed by atoms with E-state index in [1.165, 1.54) is 6.92 Å². The zero-order valence-corrected chi connectivity index (χ0v) is 13.4. The molecule has 0 aromatic heterocycles. The molecule has 1 heterocycles. The number of azide groups is 2. The van der Waals surface area contributed by atoms with Crippen LogP contribution in [-0.4, -0.2) is 40.8 Å². The van der Waals surface area contributed by atoms with Crippen molar-refractivity contribution in [3.8, 4) is 0 Å². The summed E-state index contributed by atoms with van der Waals surface area (Å²) in [7, 11) is 0. The first-order valence-electron chi connectivity index (χ1n) is 5.89. The fourth-order valence-corrected chi connectivity index (χ4v) is 1.96. The minimum atomic E-state index is -2.18. The lowest BCUT2D eigenvalue weighted by Gasteiger charge is -2.40. The van der Waals surface area contributed by atoms with Gasteiger partial charge in [0.1, 0.15) is 12.2 Å². The van der Waals surface area contributed by atoms with E-state index in [9.17, 15) is 4.39 Å². The van der Waals surface area contributed by atoms with Gasteiger partial charge >= 0.3 is 0 Å². The number of ether oxygens (including phenoxy) is 2. The summed E-state index contributed by atoms with van der Waals surface area (Å²) in [5.41, 5.74) is 16.9. The molecule has 1 saturated heterocycles. The second-order valence-corrected chi connectivity index (χ2v) is 6.68. The summed E-state index contributed by atoms with van der Waals surface area (Å²) in [6.45, 7) is 1.33. The summed E-state index contributed by atoms with van der Waals surface area (Å²) in [6, 6.07) is -1.38. The van der Waals surface area contributed by atoms with Gasteiger partial charge in [-0.15, -0.1) is 0 Å². The molecule has 122 valence electrons. The van der Waals surface area contributed by atoms with Crippen molar-refractivity contribution in [3.63, 3.8) is 0 Å². The number of nitrogens with zero attached hydrogens (tertiary/aromatic N) is 6. The van der Waals surface area contributed by atoms with Gasteiger partial charge in [0.15, 0.2) is 0 Å². The SMILES string of the molecule is C[C@H]1[C@@H](F)[C@@H](N=[N+]=[N-])C(OC(=N)C(Cl)(Cl)Cl)O[C@@H]1CN=[N+]=[N-]. The van der Waals surface area contributed by atoms with Crippen LogP contribution in [0.1, 0.15) is 6.92 Å². The van der Waals surface area contributed by atoms with Gasteiger partial charge in [-0.25, -0.2) is 4.39 Å². The topological polar surface area (TPSA) is 140 Å². The van der Waals surface area contributed by atoms with E-state index in [0.717, 1.165) is 0 Å². The van der Waals surface area contributed by atoms with Crippen LogP contribution in [0.15, 0.2) is 10.2 Å². The summed E-state index contributed by atoms with van der Waals surface area (Å²) in [4.78, 5) is 5.09. The first-order valence-corrected chi connectivity index (χ1v) is 7.02.